The number of anilines is 2. The molecular weight excluding hydrogens is 972 g/mol. The SMILES string of the molecule is COc1ccc(C(OC[C@H]2O[C@@H](n3ccc(NC(=O)OCCS(=O)(=O)c4cccc5c(N(C)C)cccc45)nc3=O)C[C@@H]2OP(OCCC#N)N(C(C)C)C(C)C)(c2ccccc2)c2ccc(OC)cc2)cc1. The molecule has 0 spiro atoms. The second-order valence-electron chi connectivity index (χ2n) is 18.0. The fourth-order valence-electron chi connectivity index (χ4n) is 8.95. The maximum absolute atomic E-state index is 13.9. The quantitative estimate of drug-likeness (QED) is 0.0362. The summed E-state index contributed by atoms with van der Waals surface area (Å²) in [4.78, 5) is 33.1. The van der Waals surface area contributed by atoms with Crippen LogP contribution in [0.5, 0.6) is 11.5 Å². The van der Waals surface area contributed by atoms with Crippen LogP contribution in [-0.4, -0.2) is 107 Å². The van der Waals surface area contributed by atoms with Crippen molar-refractivity contribution in [3.8, 4) is 17.6 Å². The molecule has 0 aliphatic carbocycles. The molecular formula is C54H63N6O11PS. The van der Waals surface area contributed by atoms with Crippen molar-refractivity contribution in [3.63, 3.8) is 0 Å². The van der Waals surface area contributed by atoms with Crippen LogP contribution in [0, 0.1) is 11.3 Å². The normalized spacial score (nSPS) is 16.4. The number of methoxy groups -OCH3 is 2. The zero-order valence-corrected chi connectivity index (χ0v) is 44.0. The molecule has 386 valence electrons. The molecule has 5 aromatic carbocycles. The summed E-state index contributed by atoms with van der Waals surface area (Å²) < 4.78 is 74.2. The number of carbonyl (C=O) groups is 1. The van der Waals surface area contributed by atoms with E-state index in [-0.39, 0.29) is 48.9 Å². The predicted octanol–water partition coefficient (Wildman–Crippen LogP) is 9.46. The van der Waals surface area contributed by atoms with Crippen LogP contribution in [0.2, 0.25) is 0 Å². The van der Waals surface area contributed by atoms with Crippen molar-refractivity contribution >= 4 is 46.7 Å². The largest absolute Gasteiger partial charge is 0.497 e. The van der Waals surface area contributed by atoms with Crippen molar-refractivity contribution < 1.29 is 45.9 Å². The number of carbonyl (C=O) groups excluding carboxylic acids is 1. The van der Waals surface area contributed by atoms with Crippen molar-refractivity contribution in [2.45, 2.75) is 81.6 Å². The smallest absolute Gasteiger partial charge is 0.412 e. The van der Waals surface area contributed by atoms with Gasteiger partial charge in [0.1, 0.15) is 41.9 Å². The molecule has 1 unspecified atom stereocenters. The van der Waals surface area contributed by atoms with Gasteiger partial charge in [-0.15, -0.1) is 0 Å². The molecule has 0 radical (unpaired) electrons. The zero-order valence-electron chi connectivity index (χ0n) is 42.3. The summed E-state index contributed by atoms with van der Waals surface area (Å²) in [7, 11) is 1.34. The van der Waals surface area contributed by atoms with E-state index in [1.54, 1.807) is 32.4 Å². The van der Waals surface area contributed by atoms with Gasteiger partial charge in [-0.1, -0.05) is 78.9 Å². The lowest BCUT2D eigenvalue weighted by Crippen LogP contribution is -2.39. The number of nitriles is 1. The van der Waals surface area contributed by atoms with Crippen LogP contribution in [0.25, 0.3) is 10.8 Å². The number of hydrogen-bond acceptors (Lipinski definition) is 15. The van der Waals surface area contributed by atoms with Crippen LogP contribution in [0.4, 0.5) is 16.3 Å². The Morgan fingerprint density at radius 3 is 2.05 bits per heavy atom. The fourth-order valence-corrected chi connectivity index (χ4v) is 12.0. The van der Waals surface area contributed by atoms with E-state index in [2.05, 4.69) is 21.0 Å². The monoisotopic (exact) mass is 1030 g/mol. The third-order valence-corrected chi connectivity index (χ3v) is 16.2. The fraction of sp³-hybridized carbons (Fsp3) is 0.370. The Morgan fingerprint density at radius 2 is 1.47 bits per heavy atom. The highest BCUT2D eigenvalue weighted by Gasteiger charge is 2.45. The number of fused-ring (bicyclic) bond motifs is 1. The topological polar surface area (TPSA) is 193 Å². The third kappa shape index (κ3) is 12.7. The van der Waals surface area contributed by atoms with Gasteiger partial charge in [0.05, 0.1) is 56.7 Å². The first kappa shape index (κ1) is 54.4. The number of sulfone groups is 1. The Labute approximate surface area is 428 Å². The van der Waals surface area contributed by atoms with E-state index in [9.17, 15) is 23.3 Å². The maximum atomic E-state index is 13.9. The van der Waals surface area contributed by atoms with Crippen LogP contribution in [0.3, 0.4) is 0 Å². The van der Waals surface area contributed by atoms with E-state index in [1.807, 2.05) is 138 Å². The first-order valence-corrected chi connectivity index (χ1v) is 26.7. The van der Waals surface area contributed by atoms with Crippen LogP contribution >= 0.6 is 8.53 Å². The van der Waals surface area contributed by atoms with E-state index in [0.29, 0.717) is 16.9 Å². The zero-order chi connectivity index (χ0) is 52.3. The summed E-state index contributed by atoms with van der Waals surface area (Å²) in [6, 6.07) is 39.3. The lowest BCUT2D eigenvalue weighted by Gasteiger charge is -2.39. The maximum Gasteiger partial charge on any atom is 0.412 e. The molecule has 19 heteroatoms. The minimum absolute atomic E-state index is 0.000610. The summed E-state index contributed by atoms with van der Waals surface area (Å²) in [5, 5.41) is 13.2. The minimum Gasteiger partial charge on any atom is -0.497 e. The lowest BCUT2D eigenvalue weighted by atomic mass is 9.80. The summed E-state index contributed by atoms with van der Waals surface area (Å²) in [6.45, 7) is 7.83. The van der Waals surface area contributed by atoms with Crippen molar-refractivity contribution in [1.82, 2.24) is 14.2 Å². The molecule has 1 N–H and O–H groups in total. The molecule has 1 aliphatic heterocycles. The molecule has 1 fully saturated rings. The first-order valence-electron chi connectivity index (χ1n) is 23.9. The molecule has 17 nitrogen and oxygen atoms in total. The van der Waals surface area contributed by atoms with Crippen molar-refractivity contribution in [1.29, 1.82) is 5.26 Å². The molecule has 2 heterocycles. The standard InChI is InChI=1S/C54H63N6O11PS/c1-37(2)60(38(3)4)72(69-32-14-30-55)71-47-35-51(70-48(47)36-68-54(39-15-10-9-11-16-39,40-21-25-42(65-7)26-22-40)41-23-27-43(66-8)28-24-41)59-31-29-50(56-52(59)61)57-53(62)67-33-34-73(63,64)49-20-13-17-44-45(49)18-12-19-46(44)58(5)6/h9-13,15-29,31,37-38,47-48,51H,14,32-36H2,1-8H3,(H,56,57,61,62)/t47-,48+,51+,72?/m0/s1. The molecule has 0 bridgehead atoms. The summed E-state index contributed by atoms with van der Waals surface area (Å²) >= 11 is 0. The molecule has 1 aliphatic rings. The predicted molar refractivity (Wildman–Crippen MR) is 281 cm³/mol. The van der Waals surface area contributed by atoms with Crippen molar-refractivity contribution in [2.24, 2.45) is 0 Å². The molecule has 4 atom stereocenters. The molecule has 1 saturated heterocycles. The summed E-state index contributed by atoms with van der Waals surface area (Å²) in [5.41, 5.74) is 1.35. The van der Waals surface area contributed by atoms with Gasteiger partial charge in [-0.2, -0.15) is 10.2 Å². The average Bonchev–Trinajstić information content (AvgIpc) is 3.78. The molecule has 1 amide bonds. The Hall–Kier alpha value is -6.42. The van der Waals surface area contributed by atoms with Crippen LogP contribution in [0.15, 0.2) is 137 Å². The van der Waals surface area contributed by atoms with Gasteiger partial charge >= 0.3 is 11.8 Å². The number of nitrogens with one attached hydrogen (secondary N) is 1. The van der Waals surface area contributed by atoms with Crippen LogP contribution < -0.4 is 25.4 Å². The second kappa shape index (κ2) is 24.5. The van der Waals surface area contributed by atoms with Crippen molar-refractivity contribution in [3.05, 3.63) is 155 Å². The number of rotatable bonds is 23. The van der Waals surface area contributed by atoms with E-state index in [4.69, 9.17) is 32.7 Å². The first-order chi connectivity index (χ1) is 35.1. The number of nitrogens with zero attached hydrogens (tertiary/aromatic N) is 5. The molecule has 6 aromatic rings. The highest BCUT2D eigenvalue weighted by Crippen LogP contribution is 2.51. The van der Waals surface area contributed by atoms with E-state index in [1.165, 1.54) is 22.9 Å². The van der Waals surface area contributed by atoms with Crippen molar-refractivity contribution in [2.75, 3.05) is 64.1 Å². The van der Waals surface area contributed by atoms with E-state index >= 15 is 0 Å². The highest BCUT2D eigenvalue weighted by atomic mass is 32.2. The van der Waals surface area contributed by atoms with E-state index < -0.39 is 66.5 Å². The van der Waals surface area contributed by atoms with Gasteiger partial charge in [0, 0.05) is 55.3 Å². The Bertz CT molecular complexity index is 2950. The molecule has 1 aromatic heterocycles. The Kier molecular flexibility index (Phi) is 18.3. The highest BCUT2D eigenvalue weighted by molar-refractivity contribution is 7.91. The van der Waals surface area contributed by atoms with Gasteiger partial charge in [-0.05, 0) is 86.8 Å². The summed E-state index contributed by atoms with van der Waals surface area (Å²) in [6.07, 6.45) is -1.64. The van der Waals surface area contributed by atoms with Gasteiger partial charge in [0.15, 0.2) is 9.84 Å². The van der Waals surface area contributed by atoms with Gasteiger partial charge in [-0.3, -0.25) is 9.88 Å². The number of hydrogen-bond donors (Lipinski definition) is 1. The Morgan fingerprint density at radius 1 is 0.849 bits per heavy atom. The van der Waals surface area contributed by atoms with Crippen LogP contribution in [-0.2, 0) is 38.7 Å². The number of aromatic nitrogens is 2. The van der Waals surface area contributed by atoms with Gasteiger partial charge in [0.2, 0.25) is 0 Å². The summed E-state index contributed by atoms with van der Waals surface area (Å²) in [5.74, 6) is 0.744. The average molecular weight is 1040 g/mol. The Balaban J connectivity index is 1.15. The van der Waals surface area contributed by atoms with Gasteiger partial charge < -0.3 is 37.6 Å². The van der Waals surface area contributed by atoms with Gasteiger partial charge in [-0.25, -0.2) is 22.7 Å². The van der Waals surface area contributed by atoms with Gasteiger partial charge in [0.25, 0.3) is 8.53 Å². The van der Waals surface area contributed by atoms with E-state index in [0.717, 1.165) is 27.8 Å². The molecule has 0 saturated carbocycles. The number of ether oxygens (including phenoxy) is 5. The van der Waals surface area contributed by atoms with Crippen LogP contribution in [0.1, 0.15) is 63.5 Å². The lowest BCUT2D eigenvalue weighted by molar-refractivity contribution is -0.0925. The number of amides is 1. The minimum atomic E-state index is -3.87. The molecule has 7 rings (SSSR count). The number of benzene rings is 5. The third-order valence-electron chi connectivity index (χ3n) is 12.3. The second-order valence-corrected chi connectivity index (χ2v) is 21.5. The molecule has 73 heavy (non-hydrogen) atoms.